The molecule has 0 aliphatic carbocycles. The SMILES string of the molecule is CN1CCN(S(=O)(=O)[C@H]2CCCN(C(=O)c3ccccc3)C2)CC1. The Morgan fingerprint density at radius 1 is 1.04 bits per heavy atom. The molecule has 1 aromatic rings. The summed E-state index contributed by atoms with van der Waals surface area (Å²) in [7, 11) is -1.34. The summed E-state index contributed by atoms with van der Waals surface area (Å²) in [6.07, 6.45) is 1.36. The van der Waals surface area contributed by atoms with Gasteiger partial charge in [-0.1, -0.05) is 18.2 Å². The van der Waals surface area contributed by atoms with Crippen molar-refractivity contribution >= 4 is 15.9 Å². The van der Waals surface area contributed by atoms with Crippen molar-refractivity contribution in [1.29, 1.82) is 0 Å². The van der Waals surface area contributed by atoms with Crippen LogP contribution in [0.25, 0.3) is 0 Å². The Kier molecular flexibility index (Phi) is 5.22. The van der Waals surface area contributed by atoms with E-state index in [1.165, 1.54) is 0 Å². The van der Waals surface area contributed by atoms with E-state index in [1.54, 1.807) is 21.3 Å². The molecule has 0 bridgehead atoms. The standard InChI is InChI=1S/C17H25N3O3S/c1-18-10-12-20(13-11-18)24(22,23)16-8-5-9-19(14-16)17(21)15-6-3-2-4-7-15/h2-4,6-7,16H,5,8-14H2,1H3/t16-/m0/s1. The van der Waals surface area contributed by atoms with Gasteiger partial charge in [-0.25, -0.2) is 8.42 Å². The second kappa shape index (κ2) is 7.21. The first kappa shape index (κ1) is 17.4. The van der Waals surface area contributed by atoms with Gasteiger partial charge < -0.3 is 9.80 Å². The van der Waals surface area contributed by atoms with E-state index >= 15 is 0 Å². The zero-order chi connectivity index (χ0) is 17.2. The van der Waals surface area contributed by atoms with Crippen molar-refractivity contribution in [3.8, 4) is 0 Å². The van der Waals surface area contributed by atoms with Gasteiger partial charge >= 0.3 is 0 Å². The van der Waals surface area contributed by atoms with E-state index in [4.69, 9.17) is 0 Å². The predicted octanol–water partition coefficient (Wildman–Crippen LogP) is 0.868. The molecule has 0 aromatic heterocycles. The molecule has 7 heteroatoms. The quantitative estimate of drug-likeness (QED) is 0.811. The van der Waals surface area contributed by atoms with Crippen molar-refractivity contribution in [2.24, 2.45) is 0 Å². The van der Waals surface area contributed by atoms with Crippen LogP contribution in [0, 0.1) is 0 Å². The Balaban J connectivity index is 1.70. The van der Waals surface area contributed by atoms with E-state index < -0.39 is 15.3 Å². The fourth-order valence-corrected chi connectivity index (χ4v) is 5.31. The van der Waals surface area contributed by atoms with Gasteiger partial charge in [0, 0.05) is 44.8 Å². The minimum Gasteiger partial charge on any atom is -0.337 e. The summed E-state index contributed by atoms with van der Waals surface area (Å²) in [5.74, 6) is -0.0751. The minimum atomic E-state index is -3.34. The first-order valence-electron chi connectivity index (χ1n) is 8.50. The van der Waals surface area contributed by atoms with Crippen molar-refractivity contribution in [2.75, 3.05) is 46.3 Å². The molecule has 3 rings (SSSR count). The molecule has 2 heterocycles. The Morgan fingerprint density at radius 3 is 2.38 bits per heavy atom. The number of benzene rings is 1. The number of rotatable bonds is 3. The number of sulfonamides is 1. The van der Waals surface area contributed by atoms with E-state index in [9.17, 15) is 13.2 Å². The van der Waals surface area contributed by atoms with Crippen LogP contribution in [0.1, 0.15) is 23.2 Å². The van der Waals surface area contributed by atoms with Crippen LogP contribution in [0.15, 0.2) is 30.3 Å². The highest BCUT2D eigenvalue weighted by molar-refractivity contribution is 7.89. The van der Waals surface area contributed by atoms with Gasteiger partial charge in [0.2, 0.25) is 10.0 Å². The number of nitrogens with zero attached hydrogens (tertiary/aromatic N) is 3. The molecule has 0 spiro atoms. The van der Waals surface area contributed by atoms with Gasteiger partial charge in [0.15, 0.2) is 0 Å². The van der Waals surface area contributed by atoms with E-state index in [2.05, 4.69) is 4.90 Å². The highest BCUT2D eigenvalue weighted by atomic mass is 32.2. The van der Waals surface area contributed by atoms with Gasteiger partial charge in [-0.15, -0.1) is 0 Å². The largest absolute Gasteiger partial charge is 0.337 e. The third-order valence-corrected chi connectivity index (χ3v) is 7.24. The second-order valence-corrected chi connectivity index (χ2v) is 8.84. The number of likely N-dealkylation sites (tertiary alicyclic amines) is 1. The maximum absolute atomic E-state index is 12.9. The lowest BCUT2D eigenvalue weighted by Gasteiger charge is -2.38. The predicted molar refractivity (Wildman–Crippen MR) is 93.4 cm³/mol. The minimum absolute atomic E-state index is 0.0751. The smallest absolute Gasteiger partial charge is 0.253 e. The van der Waals surface area contributed by atoms with Crippen molar-refractivity contribution in [2.45, 2.75) is 18.1 Å². The molecule has 1 amide bonds. The lowest BCUT2D eigenvalue weighted by atomic mass is 10.1. The van der Waals surface area contributed by atoms with Crippen LogP contribution in [0.2, 0.25) is 0 Å². The van der Waals surface area contributed by atoms with Gasteiger partial charge in [-0.3, -0.25) is 4.79 Å². The molecule has 0 N–H and O–H groups in total. The van der Waals surface area contributed by atoms with Crippen LogP contribution >= 0.6 is 0 Å². The van der Waals surface area contributed by atoms with Crippen LogP contribution in [0.5, 0.6) is 0 Å². The molecule has 132 valence electrons. The molecule has 1 atom stereocenters. The molecular formula is C17H25N3O3S. The first-order valence-corrected chi connectivity index (χ1v) is 10.0. The fourth-order valence-electron chi connectivity index (χ4n) is 3.38. The summed E-state index contributed by atoms with van der Waals surface area (Å²) >= 11 is 0. The lowest BCUT2D eigenvalue weighted by Crippen LogP contribution is -2.54. The number of likely N-dealkylation sites (N-methyl/N-ethyl adjacent to an activating group) is 1. The van der Waals surface area contributed by atoms with Gasteiger partial charge in [0.25, 0.3) is 5.91 Å². The maximum Gasteiger partial charge on any atom is 0.253 e. The van der Waals surface area contributed by atoms with Crippen molar-refractivity contribution in [3.05, 3.63) is 35.9 Å². The molecule has 0 radical (unpaired) electrons. The van der Waals surface area contributed by atoms with Crippen LogP contribution in [0.3, 0.4) is 0 Å². The average Bonchev–Trinajstić information content (AvgIpc) is 2.62. The molecule has 0 unspecified atom stereocenters. The topological polar surface area (TPSA) is 60.9 Å². The number of piperazine rings is 1. The highest BCUT2D eigenvalue weighted by Crippen LogP contribution is 2.22. The maximum atomic E-state index is 12.9. The Morgan fingerprint density at radius 2 is 1.71 bits per heavy atom. The zero-order valence-corrected chi connectivity index (χ0v) is 14.9. The van der Waals surface area contributed by atoms with E-state index in [-0.39, 0.29) is 5.91 Å². The summed E-state index contributed by atoms with van der Waals surface area (Å²) in [6.45, 7) is 3.53. The zero-order valence-electron chi connectivity index (χ0n) is 14.1. The third-order valence-electron chi connectivity index (χ3n) is 4.93. The number of hydrogen-bond acceptors (Lipinski definition) is 4. The Bertz CT molecular complexity index is 670. The van der Waals surface area contributed by atoms with E-state index in [0.717, 1.165) is 19.5 Å². The molecule has 1 aromatic carbocycles. The van der Waals surface area contributed by atoms with Crippen molar-refractivity contribution in [3.63, 3.8) is 0 Å². The summed E-state index contributed by atoms with van der Waals surface area (Å²) in [5.41, 5.74) is 0.621. The summed E-state index contributed by atoms with van der Waals surface area (Å²) in [6, 6.07) is 9.08. The molecule has 6 nitrogen and oxygen atoms in total. The molecule has 2 fully saturated rings. The summed E-state index contributed by atoms with van der Waals surface area (Å²) in [4.78, 5) is 16.4. The van der Waals surface area contributed by atoms with E-state index in [1.807, 2.05) is 25.2 Å². The van der Waals surface area contributed by atoms with Crippen molar-refractivity contribution in [1.82, 2.24) is 14.1 Å². The summed E-state index contributed by atoms with van der Waals surface area (Å²) in [5, 5.41) is -0.484. The fraction of sp³-hybridized carbons (Fsp3) is 0.588. The molecular weight excluding hydrogens is 326 g/mol. The third kappa shape index (κ3) is 3.63. The number of piperidine rings is 1. The van der Waals surface area contributed by atoms with Crippen LogP contribution < -0.4 is 0 Å². The summed E-state index contributed by atoms with van der Waals surface area (Å²) < 4.78 is 27.4. The van der Waals surface area contributed by atoms with Gasteiger partial charge in [0.05, 0.1) is 5.25 Å². The number of hydrogen-bond donors (Lipinski definition) is 0. The number of carbonyl (C=O) groups excluding carboxylic acids is 1. The number of amides is 1. The van der Waals surface area contributed by atoms with Crippen LogP contribution in [-0.2, 0) is 10.0 Å². The van der Waals surface area contributed by atoms with Gasteiger partial charge in [-0.2, -0.15) is 4.31 Å². The highest BCUT2D eigenvalue weighted by Gasteiger charge is 2.37. The molecule has 2 aliphatic rings. The van der Waals surface area contributed by atoms with Crippen molar-refractivity contribution < 1.29 is 13.2 Å². The number of carbonyl (C=O) groups is 1. The first-order chi connectivity index (χ1) is 11.5. The van der Waals surface area contributed by atoms with Crippen LogP contribution in [0.4, 0.5) is 0 Å². The van der Waals surface area contributed by atoms with Gasteiger partial charge in [-0.05, 0) is 32.0 Å². The average molecular weight is 351 g/mol. The second-order valence-electron chi connectivity index (χ2n) is 6.63. The van der Waals surface area contributed by atoms with E-state index in [0.29, 0.717) is 38.2 Å². The molecule has 2 aliphatic heterocycles. The Labute approximate surface area is 144 Å². The van der Waals surface area contributed by atoms with Gasteiger partial charge in [0.1, 0.15) is 0 Å². The Hall–Kier alpha value is -1.44. The van der Waals surface area contributed by atoms with Crippen LogP contribution in [-0.4, -0.2) is 80.0 Å². The lowest BCUT2D eigenvalue weighted by molar-refractivity contribution is 0.0725. The molecule has 0 saturated carbocycles. The monoisotopic (exact) mass is 351 g/mol. The molecule has 24 heavy (non-hydrogen) atoms. The molecule has 2 saturated heterocycles. The normalized spacial score (nSPS) is 24.0.